The molecule has 0 fully saturated rings. The second kappa shape index (κ2) is 8.00. The Morgan fingerprint density at radius 3 is 2.15 bits per heavy atom. The zero-order valence-corrected chi connectivity index (χ0v) is 13.9. The van der Waals surface area contributed by atoms with E-state index < -0.39 is 0 Å². The van der Waals surface area contributed by atoms with E-state index in [1.165, 1.54) is 5.56 Å². The molecular formula is C16H21BrN2O. The molecule has 0 aliphatic rings. The van der Waals surface area contributed by atoms with Gasteiger partial charge in [-0.3, -0.25) is 9.78 Å². The molecule has 20 heavy (non-hydrogen) atoms. The van der Waals surface area contributed by atoms with Gasteiger partial charge in [0.15, 0.2) is 5.43 Å². The molecule has 0 saturated heterocycles. The molecule has 0 aliphatic carbocycles. The van der Waals surface area contributed by atoms with Gasteiger partial charge in [-0.1, -0.05) is 43.6 Å². The number of aromatic amines is 1. The molecule has 2 rings (SSSR count). The van der Waals surface area contributed by atoms with Crippen molar-refractivity contribution in [1.82, 2.24) is 9.97 Å². The summed E-state index contributed by atoms with van der Waals surface area (Å²) in [6.45, 7) is 8.32. The maximum absolute atomic E-state index is 11.0. The quantitative estimate of drug-likeness (QED) is 0.879. The van der Waals surface area contributed by atoms with Crippen LogP contribution in [0.15, 0.2) is 46.2 Å². The summed E-state index contributed by atoms with van der Waals surface area (Å²) in [6.07, 6.45) is 7.09. The number of aromatic nitrogens is 2. The van der Waals surface area contributed by atoms with E-state index in [9.17, 15) is 4.79 Å². The number of H-pyrrole nitrogens is 1. The van der Waals surface area contributed by atoms with Crippen molar-refractivity contribution in [3.8, 4) is 0 Å². The summed E-state index contributed by atoms with van der Waals surface area (Å²) < 4.78 is 1.15. The van der Waals surface area contributed by atoms with Gasteiger partial charge in [0.2, 0.25) is 0 Å². The molecule has 0 radical (unpaired) electrons. The fraction of sp³-hybridized carbons (Fsp3) is 0.375. The van der Waals surface area contributed by atoms with E-state index in [1.54, 1.807) is 24.7 Å². The molecule has 108 valence electrons. The highest BCUT2D eigenvalue weighted by molar-refractivity contribution is 9.10. The van der Waals surface area contributed by atoms with Gasteiger partial charge in [0.25, 0.3) is 0 Å². The predicted molar refractivity (Wildman–Crippen MR) is 87.2 cm³/mol. The monoisotopic (exact) mass is 336 g/mol. The Kier molecular flexibility index (Phi) is 6.65. The average molecular weight is 337 g/mol. The summed E-state index contributed by atoms with van der Waals surface area (Å²) in [4.78, 5) is 18.0. The molecule has 2 aromatic heterocycles. The maximum atomic E-state index is 11.0. The maximum Gasteiger partial charge on any atom is 0.184 e. The number of hydrogen-bond acceptors (Lipinski definition) is 2. The second-order valence-corrected chi connectivity index (χ2v) is 6.02. The van der Waals surface area contributed by atoms with Gasteiger partial charge in [-0.05, 0) is 23.5 Å². The average Bonchev–Trinajstić information content (AvgIpc) is 2.40. The largest absolute Gasteiger partial charge is 0.367 e. The van der Waals surface area contributed by atoms with Gasteiger partial charge in [-0.25, -0.2) is 0 Å². The fourth-order valence-corrected chi connectivity index (χ4v) is 2.37. The Morgan fingerprint density at radius 2 is 1.75 bits per heavy atom. The van der Waals surface area contributed by atoms with Crippen molar-refractivity contribution < 1.29 is 0 Å². The smallest absolute Gasteiger partial charge is 0.184 e. The second-order valence-electron chi connectivity index (χ2n) is 5.17. The SMILES string of the molecule is CC(C)c1c[nH]ccc1=O.CC(C)c1cnccc1Br. The molecule has 0 atom stereocenters. The first-order chi connectivity index (χ1) is 9.43. The Balaban J connectivity index is 0.000000200. The van der Waals surface area contributed by atoms with Crippen molar-refractivity contribution in [3.63, 3.8) is 0 Å². The van der Waals surface area contributed by atoms with Crippen LogP contribution in [-0.2, 0) is 0 Å². The molecule has 0 amide bonds. The van der Waals surface area contributed by atoms with Crippen LogP contribution < -0.4 is 5.43 Å². The molecule has 2 aromatic rings. The van der Waals surface area contributed by atoms with Crippen molar-refractivity contribution in [2.45, 2.75) is 39.5 Å². The van der Waals surface area contributed by atoms with Crippen LogP contribution in [0.3, 0.4) is 0 Å². The minimum absolute atomic E-state index is 0.119. The lowest BCUT2D eigenvalue weighted by molar-refractivity contribution is 0.848. The van der Waals surface area contributed by atoms with Crippen LogP contribution in [0.25, 0.3) is 0 Å². The number of hydrogen-bond donors (Lipinski definition) is 1. The van der Waals surface area contributed by atoms with Crippen molar-refractivity contribution in [3.05, 3.63) is 62.7 Å². The van der Waals surface area contributed by atoms with E-state index in [2.05, 4.69) is 39.7 Å². The highest BCUT2D eigenvalue weighted by Gasteiger charge is 2.02. The van der Waals surface area contributed by atoms with E-state index in [4.69, 9.17) is 0 Å². The van der Waals surface area contributed by atoms with Crippen molar-refractivity contribution in [2.24, 2.45) is 0 Å². The molecule has 0 aliphatic heterocycles. The minimum Gasteiger partial charge on any atom is -0.367 e. The summed E-state index contributed by atoms with van der Waals surface area (Å²) in [5, 5.41) is 0. The molecule has 0 bridgehead atoms. The highest BCUT2D eigenvalue weighted by Crippen LogP contribution is 2.22. The molecule has 3 nitrogen and oxygen atoms in total. The van der Waals surface area contributed by atoms with E-state index in [-0.39, 0.29) is 5.43 Å². The van der Waals surface area contributed by atoms with Crippen LogP contribution in [-0.4, -0.2) is 9.97 Å². The lowest BCUT2D eigenvalue weighted by atomic mass is 10.1. The van der Waals surface area contributed by atoms with Crippen LogP contribution in [0.5, 0.6) is 0 Å². The lowest BCUT2D eigenvalue weighted by Crippen LogP contribution is -2.08. The Bertz CT molecular complexity index is 591. The van der Waals surface area contributed by atoms with E-state index in [0.29, 0.717) is 11.8 Å². The predicted octanol–water partition coefficient (Wildman–Crippen LogP) is 4.47. The van der Waals surface area contributed by atoms with E-state index in [0.717, 1.165) is 10.0 Å². The Morgan fingerprint density at radius 1 is 1.10 bits per heavy atom. The summed E-state index contributed by atoms with van der Waals surface area (Å²) in [5.74, 6) is 0.855. The summed E-state index contributed by atoms with van der Waals surface area (Å²) in [5.41, 5.74) is 2.23. The summed E-state index contributed by atoms with van der Waals surface area (Å²) in [6, 6.07) is 3.52. The molecule has 0 spiro atoms. The van der Waals surface area contributed by atoms with Crippen LogP contribution >= 0.6 is 15.9 Å². The van der Waals surface area contributed by atoms with Gasteiger partial charge < -0.3 is 4.98 Å². The van der Waals surface area contributed by atoms with Crippen molar-refractivity contribution in [1.29, 1.82) is 0 Å². The topological polar surface area (TPSA) is 45.8 Å². The van der Waals surface area contributed by atoms with Gasteiger partial charge in [-0.2, -0.15) is 0 Å². The molecule has 2 heterocycles. The van der Waals surface area contributed by atoms with Crippen LogP contribution in [0.2, 0.25) is 0 Å². The van der Waals surface area contributed by atoms with Gasteiger partial charge >= 0.3 is 0 Å². The molecule has 0 aromatic carbocycles. The summed E-state index contributed by atoms with van der Waals surface area (Å²) >= 11 is 3.46. The number of nitrogens with zero attached hydrogens (tertiary/aromatic N) is 1. The molecule has 0 saturated carbocycles. The number of pyridine rings is 2. The van der Waals surface area contributed by atoms with Gasteiger partial charge in [0.1, 0.15) is 0 Å². The first-order valence-electron chi connectivity index (χ1n) is 6.69. The minimum atomic E-state index is 0.119. The summed E-state index contributed by atoms with van der Waals surface area (Å²) in [7, 11) is 0. The molecular weight excluding hydrogens is 316 g/mol. The Labute approximate surface area is 128 Å². The molecule has 1 N–H and O–H groups in total. The number of rotatable bonds is 2. The number of nitrogens with one attached hydrogen (secondary N) is 1. The highest BCUT2D eigenvalue weighted by atomic mass is 79.9. The van der Waals surface area contributed by atoms with Crippen molar-refractivity contribution in [2.75, 3.05) is 0 Å². The van der Waals surface area contributed by atoms with Crippen LogP contribution in [0.4, 0.5) is 0 Å². The van der Waals surface area contributed by atoms with Crippen molar-refractivity contribution >= 4 is 15.9 Å². The third-order valence-electron chi connectivity index (χ3n) is 2.89. The first kappa shape index (κ1) is 16.6. The normalized spacial score (nSPS) is 10.3. The first-order valence-corrected chi connectivity index (χ1v) is 7.49. The standard InChI is InChI=1S/C8H10BrN.C8H11NO/c1-6(2)7-5-10-4-3-8(7)9;1-6(2)7-5-9-4-3-8(7)10/h3-6H,1-2H3;3-6H,1-2H3,(H,9,10). The Hall–Kier alpha value is -1.42. The molecule has 0 unspecified atom stereocenters. The van der Waals surface area contributed by atoms with E-state index in [1.807, 2.05) is 26.1 Å². The van der Waals surface area contributed by atoms with Crippen LogP contribution in [0, 0.1) is 0 Å². The van der Waals surface area contributed by atoms with Gasteiger partial charge in [-0.15, -0.1) is 0 Å². The third kappa shape index (κ3) is 4.93. The van der Waals surface area contributed by atoms with Crippen LogP contribution in [0.1, 0.15) is 50.7 Å². The lowest BCUT2D eigenvalue weighted by Gasteiger charge is -2.05. The fourth-order valence-electron chi connectivity index (χ4n) is 1.69. The zero-order valence-electron chi connectivity index (χ0n) is 12.4. The number of halogens is 1. The third-order valence-corrected chi connectivity index (χ3v) is 3.62. The molecule has 4 heteroatoms. The van der Waals surface area contributed by atoms with Gasteiger partial charge in [0, 0.05) is 40.9 Å². The van der Waals surface area contributed by atoms with Gasteiger partial charge in [0.05, 0.1) is 0 Å². The zero-order chi connectivity index (χ0) is 15.1. The van der Waals surface area contributed by atoms with E-state index >= 15 is 0 Å².